The Hall–Kier alpha value is -2.45. The first-order valence-electron chi connectivity index (χ1n) is 13.1. The Morgan fingerprint density at radius 1 is 1.05 bits per heavy atom. The third kappa shape index (κ3) is 5.70. The minimum Gasteiger partial charge on any atom is -0.465 e. The number of methoxy groups -OCH3 is 1. The smallest absolute Gasteiger partial charge is 0.337 e. The van der Waals surface area contributed by atoms with Crippen LogP contribution in [0.3, 0.4) is 0 Å². The molecule has 0 unspecified atom stereocenters. The summed E-state index contributed by atoms with van der Waals surface area (Å²) >= 11 is 6.10. The highest BCUT2D eigenvalue weighted by atomic mass is 35.5. The fourth-order valence-electron chi connectivity index (χ4n) is 5.68. The number of carbonyl (C=O) groups excluding carboxylic acids is 2. The van der Waals surface area contributed by atoms with Gasteiger partial charge in [-0.15, -0.1) is 0 Å². The van der Waals surface area contributed by atoms with Crippen molar-refractivity contribution in [1.29, 1.82) is 0 Å². The molecule has 1 aliphatic carbocycles. The minimum atomic E-state index is -0.572. The Labute approximate surface area is 223 Å². The van der Waals surface area contributed by atoms with Gasteiger partial charge in [0.2, 0.25) is 5.91 Å². The summed E-state index contributed by atoms with van der Waals surface area (Å²) in [6.45, 7) is 3.34. The van der Waals surface area contributed by atoms with Crippen LogP contribution in [0.4, 0.5) is 0 Å². The molecule has 5 rings (SSSR count). The standard InChI is InChI=1S/C29H35ClN2O5/c1-35-26(33)22-5-7-23(8-6-22)28(11-12-28)31-27(34)29(13-17-36-18-14-29)32-15-9-25(10-16-32)37-20-21-3-2-4-24(30)19-21/h2-8,19,25H,9-18,20H2,1H3,(H,31,34). The minimum absolute atomic E-state index is 0.0867. The highest BCUT2D eigenvalue weighted by Crippen LogP contribution is 2.46. The van der Waals surface area contributed by atoms with Crippen molar-refractivity contribution in [2.75, 3.05) is 33.4 Å². The van der Waals surface area contributed by atoms with E-state index < -0.39 is 5.54 Å². The van der Waals surface area contributed by atoms with Crippen LogP contribution < -0.4 is 5.32 Å². The van der Waals surface area contributed by atoms with Gasteiger partial charge in [-0.25, -0.2) is 4.79 Å². The van der Waals surface area contributed by atoms with Crippen LogP contribution in [0.2, 0.25) is 5.02 Å². The first-order valence-corrected chi connectivity index (χ1v) is 13.5. The van der Waals surface area contributed by atoms with E-state index in [-0.39, 0.29) is 23.5 Å². The molecule has 37 heavy (non-hydrogen) atoms. The molecule has 0 radical (unpaired) electrons. The molecule has 2 aromatic rings. The Bertz CT molecular complexity index is 1100. The normalized spacial score (nSPS) is 21.2. The van der Waals surface area contributed by atoms with Crippen molar-refractivity contribution in [3.63, 3.8) is 0 Å². The number of piperidine rings is 1. The third-order valence-electron chi connectivity index (χ3n) is 8.13. The van der Waals surface area contributed by atoms with Gasteiger partial charge in [0, 0.05) is 31.3 Å². The molecular weight excluding hydrogens is 492 g/mol. The molecule has 3 fully saturated rings. The van der Waals surface area contributed by atoms with E-state index in [0.717, 1.165) is 54.9 Å². The fourth-order valence-corrected chi connectivity index (χ4v) is 5.89. The molecule has 0 atom stereocenters. The average Bonchev–Trinajstić information content (AvgIpc) is 3.72. The summed E-state index contributed by atoms with van der Waals surface area (Å²) < 4.78 is 16.7. The van der Waals surface area contributed by atoms with E-state index in [4.69, 9.17) is 25.8 Å². The average molecular weight is 527 g/mol. The van der Waals surface area contributed by atoms with Crippen LogP contribution in [0.1, 0.15) is 60.0 Å². The summed E-state index contributed by atoms with van der Waals surface area (Å²) in [7, 11) is 1.38. The molecule has 2 heterocycles. The largest absolute Gasteiger partial charge is 0.465 e. The van der Waals surface area contributed by atoms with Crippen molar-refractivity contribution in [3.05, 3.63) is 70.2 Å². The summed E-state index contributed by atoms with van der Waals surface area (Å²) in [4.78, 5) is 28.1. The van der Waals surface area contributed by atoms with Crippen LogP contribution in [-0.2, 0) is 31.2 Å². The molecule has 8 heteroatoms. The van der Waals surface area contributed by atoms with E-state index in [1.807, 2.05) is 36.4 Å². The molecule has 0 aromatic heterocycles. The zero-order valence-electron chi connectivity index (χ0n) is 21.3. The van der Waals surface area contributed by atoms with Gasteiger partial charge >= 0.3 is 5.97 Å². The Kier molecular flexibility index (Phi) is 7.86. The van der Waals surface area contributed by atoms with Crippen molar-refractivity contribution in [1.82, 2.24) is 10.2 Å². The molecule has 1 amide bonds. The SMILES string of the molecule is COC(=O)c1ccc(C2(NC(=O)C3(N4CCC(OCc5cccc(Cl)c5)CC4)CCOCC3)CC2)cc1. The van der Waals surface area contributed by atoms with Crippen molar-refractivity contribution in [2.45, 2.75) is 62.3 Å². The van der Waals surface area contributed by atoms with E-state index in [1.54, 1.807) is 12.1 Å². The first kappa shape index (κ1) is 26.2. The van der Waals surface area contributed by atoms with E-state index in [1.165, 1.54) is 7.11 Å². The lowest BCUT2D eigenvalue weighted by Crippen LogP contribution is -2.64. The maximum absolute atomic E-state index is 14.0. The second-order valence-corrected chi connectivity index (χ2v) is 10.8. The van der Waals surface area contributed by atoms with Crippen molar-refractivity contribution >= 4 is 23.5 Å². The maximum Gasteiger partial charge on any atom is 0.337 e. The number of hydrogen-bond acceptors (Lipinski definition) is 6. The maximum atomic E-state index is 14.0. The molecule has 7 nitrogen and oxygen atoms in total. The number of likely N-dealkylation sites (tertiary alicyclic amines) is 1. The van der Waals surface area contributed by atoms with Crippen LogP contribution in [0, 0.1) is 0 Å². The number of nitrogens with zero attached hydrogens (tertiary/aromatic N) is 1. The molecule has 1 N–H and O–H groups in total. The number of benzene rings is 2. The number of halogens is 1. The highest BCUT2D eigenvalue weighted by Gasteiger charge is 2.52. The highest BCUT2D eigenvalue weighted by molar-refractivity contribution is 6.30. The van der Waals surface area contributed by atoms with Crippen LogP contribution in [0.5, 0.6) is 0 Å². The topological polar surface area (TPSA) is 77.1 Å². The summed E-state index contributed by atoms with van der Waals surface area (Å²) in [6, 6.07) is 15.2. The molecule has 2 saturated heterocycles. The molecule has 2 aromatic carbocycles. The molecule has 198 valence electrons. The van der Waals surface area contributed by atoms with Gasteiger partial charge in [0.05, 0.1) is 30.9 Å². The van der Waals surface area contributed by atoms with Gasteiger partial charge in [-0.2, -0.15) is 0 Å². The predicted octanol–water partition coefficient (Wildman–Crippen LogP) is 4.46. The van der Waals surface area contributed by atoms with Gasteiger partial charge in [0.1, 0.15) is 5.54 Å². The zero-order chi connectivity index (χ0) is 25.9. The lowest BCUT2D eigenvalue weighted by atomic mass is 9.84. The predicted molar refractivity (Wildman–Crippen MR) is 140 cm³/mol. The number of esters is 1. The van der Waals surface area contributed by atoms with Crippen LogP contribution in [-0.4, -0.2) is 61.8 Å². The van der Waals surface area contributed by atoms with Gasteiger partial charge in [-0.3, -0.25) is 9.69 Å². The van der Waals surface area contributed by atoms with Gasteiger partial charge < -0.3 is 19.5 Å². The van der Waals surface area contributed by atoms with Crippen LogP contribution in [0.25, 0.3) is 0 Å². The second-order valence-electron chi connectivity index (χ2n) is 10.4. The van der Waals surface area contributed by atoms with E-state index in [0.29, 0.717) is 38.2 Å². The summed E-state index contributed by atoms with van der Waals surface area (Å²) in [5.74, 6) is -0.273. The van der Waals surface area contributed by atoms with Crippen molar-refractivity contribution < 1.29 is 23.8 Å². The second kappa shape index (κ2) is 11.1. The third-order valence-corrected chi connectivity index (χ3v) is 8.36. The molecule has 0 spiro atoms. The quantitative estimate of drug-likeness (QED) is 0.512. The summed E-state index contributed by atoms with van der Waals surface area (Å²) in [6.07, 6.45) is 5.09. The van der Waals surface area contributed by atoms with Gasteiger partial charge in [0.25, 0.3) is 0 Å². The Balaban J connectivity index is 1.23. The lowest BCUT2D eigenvalue weighted by molar-refractivity contribution is -0.145. The van der Waals surface area contributed by atoms with Gasteiger partial charge in [-0.1, -0.05) is 35.9 Å². The number of amides is 1. The van der Waals surface area contributed by atoms with E-state index in [9.17, 15) is 9.59 Å². The van der Waals surface area contributed by atoms with Crippen molar-refractivity contribution in [3.8, 4) is 0 Å². The number of hydrogen-bond donors (Lipinski definition) is 1. The number of carbonyl (C=O) groups is 2. The lowest BCUT2D eigenvalue weighted by Gasteiger charge is -2.48. The zero-order valence-corrected chi connectivity index (χ0v) is 22.1. The first-order chi connectivity index (χ1) is 17.9. The Morgan fingerprint density at radius 2 is 1.76 bits per heavy atom. The van der Waals surface area contributed by atoms with Crippen molar-refractivity contribution in [2.24, 2.45) is 0 Å². The number of rotatable bonds is 8. The molecule has 3 aliphatic rings. The van der Waals surface area contributed by atoms with Gasteiger partial charge in [-0.05, 0) is 73.9 Å². The number of nitrogens with one attached hydrogen (secondary N) is 1. The number of ether oxygens (including phenoxy) is 3. The summed E-state index contributed by atoms with van der Waals surface area (Å²) in [5, 5.41) is 4.14. The monoisotopic (exact) mass is 526 g/mol. The Morgan fingerprint density at radius 3 is 2.38 bits per heavy atom. The van der Waals surface area contributed by atoms with Crippen LogP contribution >= 0.6 is 11.6 Å². The van der Waals surface area contributed by atoms with Crippen LogP contribution in [0.15, 0.2) is 48.5 Å². The summed E-state index contributed by atoms with van der Waals surface area (Å²) in [5.41, 5.74) is 1.68. The molecule has 0 bridgehead atoms. The van der Waals surface area contributed by atoms with Gasteiger partial charge in [0.15, 0.2) is 0 Å². The molecular formula is C29H35ClN2O5. The molecule has 2 aliphatic heterocycles. The van der Waals surface area contributed by atoms with E-state index in [2.05, 4.69) is 10.2 Å². The fraction of sp³-hybridized carbons (Fsp3) is 0.517. The van der Waals surface area contributed by atoms with E-state index >= 15 is 0 Å². The molecule has 1 saturated carbocycles.